The lowest BCUT2D eigenvalue weighted by molar-refractivity contribution is -0.156. The number of amides is 11. The number of alkyl halides is 1. The molecule has 14 atom stereocenters. The van der Waals surface area contributed by atoms with Gasteiger partial charge >= 0.3 is 5.97 Å². The Kier molecular flexibility index (Phi) is 29.1. The lowest BCUT2D eigenvalue weighted by atomic mass is 9.95. The van der Waals surface area contributed by atoms with E-state index >= 15 is 0 Å². The van der Waals surface area contributed by atoms with E-state index in [1.54, 1.807) is 65.0 Å². The van der Waals surface area contributed by atoms with Crippen LogP contribution in [0.25, 0.3) is 0 Å². The molecular formula is C53H84ClN11O15. The summed E-state index contributed by atoms with van der Waals surface area (Å²) in [5, 5.41) is 43.9. The molecule has 0 saturated carbocycles. The van der Waals surface area contributed by atoms with Crippen molar-refractivity contribution in [2.75, 3.05) is 13.6 Å². The molecule has 1 aliphatic rings. The van der Waals surface area contributed by atoms with Crippen LogP contribution in [0.4, 0.5) is 0 Å². The van der Waals surface area contributed by atoms with E-state index in [9.17, 15) is 67.7 Å². The predicted octanol–water partition coefficient (Wildman–Crippen LogP) is -2.19. The normalized spacial score (nSPS) is 26.8. The van der Waals surface area contributed by atoms with Gasteiger partial charge in [0.15, 0.2) is 0 Å². The summed E-state index contributed by atoms with van der Waals surface area (Å²) in [7, 11) is 1.28. The van der Waals surface area contributed by atoms with Gasteiger partial charge in [-0.15, -0.1) is 11.6 Å². The first-order chi connectivity index (χ1) is 37.4. The molecule has 1 heterocycles. The highest BCUT2D eigenvalue weighted by Gasteiger charge is 2.40. The van der Waals surface area contributed by atoms with Crippen molar-refractivity contribution in [3.8, 4) is 0 Å². The van der Waals surface area contributed by atoms with Crippen LogP contribution in [-0.4, -0.2) is 178 Å². The number of benzene rings is 1. The molecule has 1 aliphatic heterocycles. The highest BCUT2D eigenvalue weighted by Crippen LogP contribution is 2.19. The maximum Gasteiger partial charge on any atom is 0.328 e. The molecule has 0 spiro atoms. The summed E-state index contributed by atoms with van der Waals surface area (Å²) >= 11 is 6.49. The number of ether oxygens (including phenoxy) is 1. The van der Waals surface area contributed by atoms with Crippen molar-refractivity contribution < 1.29 is 72.5 Å². The highest BCUT2D eigenvalue weighted by molar-refractivity contribution is 6.20. The van der Waals surface area contributed by atoms with E-state index in [0.717, 1.165) is 11.8 Å². The number of cyclic esters (lactones) is 1. The van der Waals surface area contributed by atoms with Crippen molar-refractivity contribution in [3.05, 3.63) is 35.9 Å². The summed E-state index contributed by atoms with van der Waals surface area (Å²) in [5.74, 6) is -12.0. The number of esters is 1. The molecule has 27 heteroatoms. The Labute approximate surface area is 472 Å². The van der Waals surface area contributed by atoms with E-state index in [0.29, 0.717) is 18.4 Å². The van der Waals surface area contributed by atoms with E-state index in [4.69, 9.17) is 22.1 Å². The van der Waals surface area contributed by atoms with Gasteiger partial charge in [-0.25, -0.2) is 4.79 Å². The largest absolute Gasteiger partial charge is 0.459 e. The van der Waals surface area contributed by atoms with Crippen LogP contribution in [-0.2, 0) is 68.7 Å². The Hall–Kier alpha value is -6.93. The van der Waals surface area contributed by atoms with Gasteiger partial charge < -0.3 is 73.4 Å². The number of carbonyl (C=O) groups excluding carboxylic acids is 12. The van der Waals surface area contributed by atoms with Crippen LogP contribution in [0.15, 0.2) is 30.3 Å². The minimum atomic E-state index is -1.86. The molecule has 0 radical (unpaired) electrons. The number of aliphatic hydroxyl groups is 2. The van der Waals surface area contributed by atoms with Crippen molar-refractivity contribution >= 4 is 83.1 Å². The lowest BCUT2D eigenvalue weighted by Gasteiger charge is -2.34. The monoisotopic (exact) mass is 1150 g/mol. The van der Waals surface area contributed by atoms with E-state index < -0.39 is 168 Å². The van der Waals surface area contributed by atoms with Crippen LogP contribution in [0.1, 0.15) is 113 Å². The van der Waals surface area contributed by atoms with Gasteiger partial charge in [-0.2, -0.15) is 0 Å². The molecule has 0 aliphatic carbocycles. The van der Waals surface area contributed by atoms with E-state index in [1.807, 2.05) is 0 Å². The number of rotatable bonds is 17. The summed E-state index contributed by atoms with van der Waals surface area (Å²) in [6, 6.07) is -5.21. The van der Waals surface area contributed by atoms with Crippen molar-refractivity contribution in [2.45, 2.75) is 192 Å². The summed E-state index contributed by atoms with van der Waals surface area (Å²) in [6.45, 7) is 14.8. The van der Waals surface area contributed by atoms with Gasteiger partial charge in [0.2, 0.25) is 65.5 Å². The van der Waals surface area contributed by atoms with Gasteiger partial charge in [-0.3, -0.25) is 52.7 Å². The smallest absolute Gasteiger partial charge is 0.328 e. The lowest BCUT2D eigenvalue weighted by Crippen LogP contribution is -2.63. The first-order valence-electron chi connectivity index (χ1n) is 26.8. The molecule has 0 bridgehead atoms. The molecule has 13 N–H and O–H groups in total. The third kappa shape index (κ3) is 22.7. The predicted molar refractivity (Wildman–Crippen MR) is 292 cm³/mol. The number of nitrogens with zero attached hydrogens (tertiary/aromatic N) is 1. The quantitative estimate of drug-likeness (QED) is 0.0448. The van der Waals surface area contributed by atoms with Crippen LogP contribution in [0.3, 0.4) is 0 Å². The van der Waals surface area contributed by atoms with Crippen LogP contribution in [0.2, 0.25) is 0 Å². The molecule has 2 rings (SSSR count). The zero-order chi connectivity index (χ0) is 60.7. The summed E-state index contributed by atoms with van der Waals surface area (Å²) < 4.78 is 5.74. The van der Waals surface area contributed by atoms with E-state index in [-0.39, 0.29) is 37.5 Å². The number of hydrogen-bond donors (Lipinski definition) is 12. The molecule has 0 unspecified atom stereocenters. The molecule has 26 nitrogen and oxygen atoms in total. The summed E-state index contributed by atoms with van der Waals surface area (Å²) in [6.07, 6.45) is -6.06. The van der Waals surface area contributed by atoms with Gasteiger partial charge in [-0.1, -0.05) is 78.3 Å². The number of nitrogens with two attached hydrogens (primary N) is 1. The average molecular weight is 1150 g/mol. The number of hydrogen-bond acceptors (Lipinski definition) is 15. The van der Waals surface area contributed by atoms with Gasteiger partial charge in [-0.05, 0) is 64.4 Å². The average Bonchev–Trinajstić information content (AvgIpc) is 3.37. The third-order valence-electron chi connectivity index (χ3n) is 13.2. The second-order valence-electron chi connectivity index (χ2n) is 21.2. The Bertz CT molecular complexity index is 2310. The standard InChI is InChI=1S/C53H84ClN11O15/c1-12-16-34-53(79)80-32(10)45(64-47(73)35(57-25-66)19-26(2)3)39(68)23-41(70)58-30(8)52(78)65(11)38(20-27(4)5)49(75)62-43(28(6)29(7)54)50(76)61-37(22-40(55)69)48(74)63-44(31(9)67)51(77)60-36(21-33-17-14-13-15-18-33)46(72)56-24-42(71)59-34/h13-15,17-18,25-32,34-39,43-45,67-68H,12,16,19-24H2,1-11H3,(H2,55,69)(H,56,72)(H,57,66)(H,58,70)(H,59,71)(H,60,77)(H,61,76)(H,62,75)(H,63,74)(H,64,73)/t28-,29+,30-,31-,32+,34-,35-,36+,37+,38-,39-,43+,44-,45+/m1/s1. The first kappa shape index (κ1) is 69.2. The number of primary amides is 1. The Balaban J connectivity index is 2.82. The molecule has 1 aromatic rings. The van der Waals surface area contributed by atoms with Crippen LogP contribution in [0, 0.1) is 17.8 Å². The fraction of sp³-hybridized carbons (Fsp3) is 0.660. The molecule has 1 aromatic carbocycles. The summed E-state index contributed by atoms with van der Waals surface area (Å²) in [4.78, 5) is 164. The van der Waals surface area contributed by atoms with Gasteiger partial charge in [0.25, 0.3) is 0 Å². The maximum atomic E-state index is 14.4. The second kappa shape index (κ2) is 33.6. The number of aliphatic hydroxyl groups excluding tert-OH is 2. The summed E-state index contributed by atoms with van der Waals surface area (Å²) in [5.41, 5.74) is 6.03. The zero-order valence-electron chi connectivity index (χ0n) is 47.5. The molecule has 11 amide bonds. The van der Waals surface area contributed by atoms with Gasteiger partial charge in [0.05, 0.1) is 37.6 Å². The van der Waals surface area contributed by atoms with Crippen molar-refractivity contribution in [1.29, 1.82) is 0 Å². The third-order valence-corrected chi connectivity index (χ3v) is 13.6. The van der Waals surface area contributed by atoms with Crippen molar-refractivity contribution in [1.82, 2.24) is 52.8 Å². The molecular weight excluding hydrogens is 1070 g/mol. The van der Waals surface area contributed by atoms with Crippen molar-refractivity contribution in [3.63, 3.8) is 0 Å². The van der Waals surface area contributed by atoms with Crippen LogP contribution in [0.5, 0.6) is 0 Å². The number of nitrogens with one attached hydrogen (secondary N) is 9. The van der Waals surface area contributed by atoms with Gasteiger partial charge in [0.1, 0.15) is 54.4 Å². The Morgan fingerprint density at radius 1 is 0.800 bits per heavy atom. The number of halogens is 1. The Morgan fingerprint density at radius 3 is 1.95 bits per heavy atom. The van der Waals surface area contributed by atoms with E-state index in [2.05, 4.69) is 47.9 Å². The first-order valence-corrected chi connectivity index (χ1v) is 27.2. The van der Waals surface area contributed by atoms with Crippen LogP contribution < -0.4 is 53.6 Å². The molecule has 1 saturated heterocycles. The number of carbonyl (C=O) groups is 12. The van der Waals surface area contributed by atoms with Gasteiger partial charge in [0, 0.05) is 24.8 Å². The zero-order valence-corrected chi connectivity index (χ0v) is 48.2. The highest BCUT2D eigenvalue weighted by atomic mass is 35.5. The van der Waals surface area contributed by atoms with Crippen LogP contribution >= 0.6 is 11.6 Å². The molecule has 1 fully saturated rings. The maximum absolute atomic E-state index is 14.4. The van der Waals surface area contributed by atoms with E-state index in [1.165, 1.54) is 34.7 Å². The number of likely N-dealkylation sites (N-methyl/N-ethyl adjacent to an activating group) is 1. The van der Waals surface area contributed by atoms with Crippen molar-refractivity contribution in [2.24, 2.45) is 23.5 Å². The fourth-order valence-corrected chi connectivity index (χ4v) is 8.78. The topological polar surface area (TPSA) is 392 Å². The molecule has 80 heavy (non-hydrogen) atoms. The fourth-order valence-electron chi connectivity index (χ4n) is 8.64. The SMILES string of the molecule is CCC[C@H]1NC(=O)CNC(=O)[C@H](Cc2ccccc2)NC(=O)[C@@H]([C@@H](C)O)NC(=O)[C@H](CC(N)=O)NC(=O)[C@H]([C@H](C)[C@H](C)Cl)NC(=O)[C@@H](CC(C)C)N(C)C(=O)[C@@H](C)NC(=O)C[C@@H](O)[C@@H](NC(=O)[C@@H](CC(C)C)NC=O)[C@H](C)OC1=O. The molecule has 448 valence electrons. The Morgan fingerprint density at radius 2 is 1.40 bits per heavy atom. The minimum absolute atomic E-state index is 0.00746. The minimum Gasteiger partial charge on any atom is -0.459 e. The molecule has 0 aromatic heterocycles. The second-order valence-corrected chi connectivity index (χ2v) is 21.8.